The van der Waals surface area contributed by atoms with Gasteiger partial charge in [-0.05, 0) is 79.9 Å². The second kappa shape index (κ2) is 8.83. The molecule has 0 radical (unpaired) electrons. The molecule has 0 spiro atoms. The van der Waals surface area contributed by atoms with Crippen molar-refractivity contribution in [1.82, 2.24) is 25.1 Å². The average molecular weight is 453 g/mol. The van der Waals surface area contributed by atoms with Crippen molar-refractivity contribution in [3.8, 4) is 16.8 Å². The van der Waals surface area contributed by atoms with E-state index in [0.29, 0.717) is 5.92 Å². The van der Waals surface area contributed by atoms with Crippen LogP contribution in [0.2, 0.25) is 0 Å². The Balaban J connectivity index is 1.57. The lowest BCUT2D eigenvalue weighted by Crippen LogP contribution is -2.31. The van der Waals surface area contributed by atoms with Gasteiger partial charge in [0, 0.05) is 53.1 Å². The topological polar surface area (TPSA) is 67.7 Å². The van der Waals surface area contributed by atoms with Crippen LogP contribution in [0.4, 0.5) is 10.2 Å². The molecular formula is C27H25FN6. The maximum atomic E-state index is 13.7. The van der Waals surface area contributed by atoms with E-state index in [2.05, 4.69) is 32.7 Å². The van der Waals surface area contributed by atoms with Gasteiger partial charge < -0.3 is 10.6 Å². The van der Waals surface area contributed by atoms with Crippen LogP contribution in [0.3, 0.4) is 0 Å². The summed E-state index contributed by atoms with van der Waals surface area (Å²) in [5.41, 5.74) is 3.88. The zero-order valence-electron chi connectivity index (χ0n) is 18.7. The smallest absolute Gasteiger partial charge is 0.156 e. The molecule has 3 aromatic heterocycles. The summed E-state index contributed by atoms with van der Waals surface area (Å²) < 4.78 is 15.6. The van der Waals surface area contributed by atoms with Crippen LogP contribution in [0.25, 0.3) is 38.5 Å². The maximum absolute atomic E-state index is 13.7. The number of benzene rings is 2. The third-order valence-electron chi connectivity index (χ3n) is 6.64. The number of aromatic nitrogens is 4. The predicted octanol–water partition coefficient (Wildman–Crippen LogP) is 5.19. The number of pyridine rings is 2. The quantitative estimate of drug-likeness (QED) is 0.384. The number of anilines is 1. The highest BCUT2D eigenvalue weighted by Crippen LogP contribution is 2.38. The van der Waals surface area contributed by atoms with Crippen LogP contribution in [-0.2, 0) is 0 Å². The van der Waals surface area contributed by atoms with Crippen LogP contribution in [-0.4, -0.2) is 39.4 Å². The minimum atomic E-state index is -0.266. The molecule has 0 atom stereocenters. The highest BCUT2D eigenvalue weighted by atomic mass is 19.1. The zero-order valence-corrected chi connectivity index (χ0v) is 18.7. The first-order valence-corrected chi connectivity index (χ1v) is 11.7. The van der Waals surface area contributed by atoms with Crippen molar-refractivity contribution in [2.24, 2.45) is 5.92 Å². The normalized spacial score (nSPS) is 14.6. The number of rotatable bonds is 5. The van der Waals surface area contributed by atoms with E-state index < -0.39 is 0 Å². The summed E-state index contributed by atoms with van der Waals surface area (Å²) in [6.07, 6.45) is 9.65. The second-order valence-electron chi connectivity index (χ2n) is 8.79. The summed E-state index contributed by atoms with van der Waals surface area (Å²) in [6, 6.07) is 14.7. The Labute approximate surface area is 196 Å². The predicted molar refractivity (Wildman–Crippen MR) is 134 cm³/mol. The monoisotopic (exact) mass is 452 g/mol. The first kappa shape index (κ1) is 20.7. The molecule has 6 rings (SSSR count). The molecule has 170 valence electrons. The molecule has 0 bridgehead atoms. The van der Waals surface area contributed by atoms with Crippen LogP contribution >= 0.6 is 0 Å². The number of hydrogen-bond acceptors (Lipinski definition) is 5. The summed E-state index contributed by atoms with van der Waals surface area (Å²) in [7, 11) is 0. The van der Waals surface area contributed by atoms with E-state index >= 15 is 0 Å². The molecule has 1 aliphatic rings. The largest absolute Gasteiger partial charge is 0.368 e. The molecule has 5 aromatic rings. The van der Waals surface area contributed by atoms with Gasteiger partial charge in [-0.2, -0.15) is 0 Å². The Morgan fingerprint density at radius 1 is 0.941 bits per heavy atom. The molecule has 1 saturated heterocycles. The van der Waals surface area contributed by atoms with Crippen molar-refractivity contribution >= 4 is 27.5 Å². The van der Waals surface area contributed by atoms with Gasteiger partial charge in [-0.1, -0.05) is 6.07 Å². The van der Waals surface area contributed by atoms with E-state index in [1.54, 1.807) is 24.5 Å². The first-order chi connectivity index (χ1) is 16.8. The fourth-order valence-corrected chi connectivity index (χ4v) is 4.85. The lowest BCUT2D eigenvalue weighted by Gasteiger charge is -2.22. The van der Waals surface area contributed by atoms with Crippen LogP contribution in [0.1, 0.15) is 12.8 Å². The van der Waals surface area contributed by atoms with Gasteiger partial charge in [-0.25, -0.2) is 9.07 Å². The van der Waals surface area contributed by atoms with E-state index in [4.69, 9.17) is 5.10 Å². The molecule has 0 aliphatic carbocycles. The zero-order chi connectivity index (χ0) is 22.9. The third kappa shape index (κ3) is 3.78. The van der Waals surface area contributed by atoms with Crippen LogP contribution in [0, 0.1) is 11.7 Å². The lowest BCUT2D eigenvalue weighted by atomic mass is 9.97. The van der Waals surface area contributed by atoms with Gasteiger partial charge in [0.05, 0.1) is 11.2 Å². The molecule has 6 nitrogen and oxygen atoms in total. The molecule has 1 aliphatic heterocycles. The number of fused-ring (bicyclic) bond motifs is 3. The number of halogens is 1. The standard InChI is InChI=1S/C27H25FN6/c28-20-3-5-21(6-4-20)34-26-22-9-13-31-17-25(22)23(19-2-1-10-30-16-19)14-24(26)27(33-34)32-15-18-7-11-29-12-8-18/h1-6,9-10,13-14,16-18,29H,7-8,11-12,15H2,(H,32,33). The highest BCUT2D eigenvalue weighted by molar-refractivity contribution is 6.15. The van der Waals surface area contributed by atoms with Crippen molar-refractivity contribution in [2.45, 2.75) is 12.8 Å². The molecule has 0 amide bonds. The average Bonchev–Trinajstić information content (AvgIpc) is 3.27. The van der Waals surface area contributed by atoms with Crippen LogP contribution < -0.4 is 10.6 Å². The molecule has 2 aromatic carbocycles. The van der Waals surface area contributed by atoms with Crippen molar-refractivity contribution in [3.05, 3.63) is 79.1 Å². The minimum Gasteiger partial charge on any atom is -0.368 e. The van der Waals surface area contributed by atoms with Crippen LogP contribution in [0.5, 0.6) is 0 Å². The molecule has 0 saturated carbocycles. The number of piperidine rings is 1. The van der Waals surface area contributed by atoms with Gasteiger partial charge in [0.15, 0.2) is 5.82 Å². The fraction of sp³-hybridized carbons (Fsp3) is 0.222. The first-order valence-electron chi connectivity index (χ1n) is 11.7. The summed E-state index contributed by atoms with van der Waals surface area (Å²) in [6.45, 7) is 2.98. The Morgan fingerprint density at radius 2 is 1.76 bits per heavy atom. The Morgan fingerprint density at radius 3 is 2.56 bits per heavy atom. The Bertz CT molecular complexity index is 1440. The van der Waals surface area contributed by atoms with Crippen molar-refractivity contribution in [2.75, 3.05) is 25.0 Å². The van der Waals surface area contributed by atoms with E-state index in [-0.39, 0.29) is 5.82 Å². The van der Waals surface area contributed by atoms with Crippen molar-refractivity contribution in [3.63, 3.8) is 0 Å². The molecule has 0 unspecified atom stereocenters. The number of nitrogens with zero attached hydrogens (tertiary/aromatic N) is 4. The maximum Gasteiger partial charge on any atom is 0.156 e. The van der Waals surface area contributed by atoms with Gasteiger partial charge in [0.2, 0.25) is 0 Å². The van der Waals surface area contributed by atoms with Crippen molar-refractivity contribution in [1.29, 1.82) is 0 Å². The van der Waals surface area contributed by atoms with Crippen LogP contribution in [0.15, 0.2) is 73.3 Å². The van der Waals surface area contributed by atoms with E-state index in [1.807, 2.05) is 29.2 Å². The number of nitrogens with one attached hydrogen (secondary N) is 2. The third-order valence-corrected chi connectivity index (χ3v) is 6.64. The Hall–Kier alpha value is -3.84. The lowest BCUT2D eigenvalue weighted by molar-refractivity contribution is 0.389. The summed E-state index contributed by atoms with van der Waals surface area (Å²) in [5, 5.41) is 15.1. The molecule has 2 N–H and O–H groups in total. The van der Waals surface area contributed by atoms with Gasteiger partial charge >= 0.3 is 0 Å². The SMILES string of the molecule is Fc1ccc(-n2nc(NCC3CCNCC3)c3cc(-c4cccnc4)c4cnccc4c32)cc1. The van der Waals surface area contributed by atoms with Gasteiger partial charge in [-0.15, -0.1) is 5.10 Å². The number of hydrogen-bond donors (Lipinski definition) is 2. The van der Waals surface area contributed by atoms with Gasteiger partial charge in [0.25, 0.3) is 0 Å². The fourth-order valence-electron chi connectivity index (χ4n) is 4.85. The Kier molecular flexibility index (Phi) is 5.39. The summed E-state index contributed by atoms with van der Waals surface area (Å²) in [4.78, 5) is 8.73. The molecule has 7 heteroatoms. The highest BCUT2D eigenvalue weighted by Gasteiger charge is 2.20. The summed E-state index contributed by atoms with van der Waals surface area (Å²) >= 11 is 0. The van der Waals surface area contributed by atoms with Gasteiger partial charge in [-0.3, -0.25) is 9.97 Å². The van der Waals surface area contributed by atoms with E-state index in [0.717, 1.165) is 76.8 Å². The molecule has 4 heterocycles. The van der Waals surface area contributed by atoms with Gasteiger partial charge in [0.1, 0.15) is 5.82 Å². The molecule has 1 fully saturated rings. The molecule has 34 heavy (non-hydrogen) atoms. The summed E-state index contributed by atoms with van der Waals surface area (Å²) in [5.74, 6) is 1.17. The van der Waals surface area contributed by atoms with Crippen molar-refractivity contribution < 1.29 is 4.39 Å². The van der Waals surface area contributed by atoms with E-state index in [9.17, 15) is 4.39 Å². The molecular weight excluding hydrogens is 427 g/mol. The van der Waals surface area contributed by atoms with E-state index in [1.165, 1.54) is 12.1 Å². The second-order valence-corrected chi connectivity index (χ2v) is 8.79. The minimum absolute atomic E-state index is 0.266.